The average molecular weight is 304 g/mol. The van der Waals surface area contributed by atoms with Crippen molar-refractivity contribution in [1.29, 1.82) is 0 Å². The molecule has 2 rings (SSSR count). The van der Waals surface area contributed by atoms with Crippen LogP contribution in [0.4, 0.5) is 5.69 Å². The first-order valence-corrected chi connectivity index (χ1v) is 8.33. The van der Waals surface area contributed by atoms with E-state index in [2.05, 4.69) is 4.90 Å². The fourth-order valence-corrected chi connectivity index (χ4v) is 3.24. The van der Waals surface area contributed by atoms with Crippen LogP contribution in [0.2, 0.25) is 0 Å². The van der Waals surface area contributed by atoms with Gasteiger partial charge in [-0.1, -0.05) is 18.2 Å². The van der Waals surface area contributed by atoms with Gasteiger partial charge in [-0.3, -0.25) is 9.69 Å². The molecule has 4 heteroatoms. The lowest BCUT2D eigenvalue weighted by molar-refractivity contribution is -0.124. The molecular formula is C18H28N2O2. The van der Waals surface area contributed by atoms with Crippen molar-refractivity contribution in [2.75, 3.05) is 24.5 Å². The number of benzene rings is 1. The minimum Gasteiger partial charge on any atom is -0.393 e. The third kappa shape index (κ3) is 3.87. The highest BCUT2D eigenvalue weighted by Crippen LogP contribution is 2.23. The molecule has 122 valence electrons. The summed E-state index contributed by atoms with van der Waals surface area (Å²) in [6, 6.07) is 9.73. The summed E-state index contributed by atoms with van der Waals surface area (Å²) in [7, 11) is 0. The van der Waals surface area contributed by atoms with Crippen LogP contribution in [0.1, 0.15) is 33.6 Å². The van der Waals surface area contributed by atoms with Gasteiger partial charge in [0, 0.05) is 12.2 Å². The van der Waals surface area contributed by atoms with Crippen molar-refractivity contribution in [2.24, 2.45) is 5.92 Å². The number of rotatable bonds is 5. The number of piperidine rings is 1. The number of likely N-dealkylation sites (tertiary alicyclic amines) is 1. The summed E-state index contributed by atoms with van der Waals surface area (Å²) < 4.78 is 0. The van der Waals surface area contributed by atoms with E-state index in [0.717, 1.165) is 31.6 Å². The van der Waals surface area contributed by atoms with Crippen LogP contribution in [0.25, 0.3) is 0 Å². The summed E-state index contributed by atoms with van der Waals surface area (Å²) >= 11 is 0. The Balaban J connectivity index is 1.99. The number of aliphatic hydroxyl groups is 1. The second-order valence-corrected chi connectivity index (χ2v) is 6.21. The normalized spacial score (nSPS) is 19.6. The average Bonchev–Trinajstić information content (AvgIpc) is 2.56. The quantitative estimate of drug-likeness (QED) is 0.909. The highest BCUT2D eigenvalue weighted by Gasteiger charge is 2.30. The topological polar surface area (TPSA) is 43.8 Å². The molecule has 1 aliphatic rings. The first-order chi connectivity index (χ1) is 10.5. The summed E-state index contributed by atoms with van der Waals surface area (Å²) in [5, 5.41) is 9.69. The van der Waals surface area contributed by atoms with Crippen molar-refractivity contribution in [3.05, 3.63) is 30.3 Å². The van der Waals surface area contributed by atoms with E-state index in [1.807, 2.05) is 56.0 Å². The number of carbonyl (C=O) groups is 1. The number of carbonyl (C=O) groups excluding carboxylic acids is 1. The molecular weight excluding hydrogens is 276 g/mol. The van der Waals surface area contributed by atoms with Crippen LogP contribution in [0.5, 0.6) is 0 Å². The molecule has 0 aliphatic carbocycles. The lowest BCUT2D eigenvalue weighted by Crippen LogP contribution is -2.50. The fourth-order valence-electron chi connectivity index (χ4n) is 3.24. The second kappa shape index (κ2) is 7.75. The van der Waals surface area contributed by atoms with Gasteiger partial charge < -0.3 is 10.0 Å². The molecule has 1 fully saturated rings. The van der Waals surface area contributed by atoms with Gasteiger partial charge in [-0.05, 0) is 64.8 Å². The number of hydrogen-bond donors (Lipinski definition) is 1. The van der Waals surface area contributed by atoms with E-state index in [1.54, 1.807) is 0 Å². The van der Waals surface area contributed by atoms with E-state index in [9.17, 15) is 9.90 Å². The number of para-hydroxylation sites is 1. The molecule has 0 saturated carbocycles. The van der Waals surface area contributed by atoms with Crippen LogP contribution >= 0.6 is 0 Å². The molecule has 4 nitrogen and oxygen atoms in total. The molecule has 2 atom stereocenters. The minimum atomic E-state index is -0.246. The largest absolute Gasteiger partial charge is 0.393 e. The number of amides is 1. The molecule has 22 heavy (non-hydrogen) atoms. The zero-order valence-electron chi connectivity index (χ0n) is 13.9. The summed E-state index contributed by atoms with van der Waals surface area (Å²) in [5.74, 6) is 0.527. The Kier molecular flexibility index (Phi) is 5.98. The van der Waals surface area contributed by atoms with Gasteiger partial charge in [0.2, 0.25) is 5.91 Å². The fraction of sp³-hybridized carbons (Fsp3) is 0.611. The SMILES string of the molecule is CCN(C(=O)C(C)N1CCC(C(C)O)CC1)c1ccccc1. The van der Waals surface area contributed by atoms with Crippen LogP contribution < -0.4 is 4.90 Å². The number of hydrogen-bond acceptors (Lipinski definition) is 3. The van der Waals surface area contributed by atoms with Gasteiger partial charge >= 0.3 is 0 Å². The Labute approximate surface area is 133 Å². The zero-order valence-corrected chi connectivity index (χ0v) is 13.9. The van der Waals surface area contributed by atoms with Gasteiger partial charge in [0.05, 0.1) is 12.1 Å². The molecule has 1 amide bonds. The first-order valence-electron chi connectivity index (χ1n) is 8.33. The Hall–Kier alpha value is -1.39. The van der Waals surface area contributed by atoms with Crippen LogP contribution in [-0.4, -0.2) is 47.7 Å². The van der Waals surface area contributed by atoms with Crippen molar-refractivity contribution in [3.63, 3.8) is 0 Å². The van der Waals surface area contributed by atoms with Crippen molar-refractivity contribution in [1.82, 2.24) is 4.90 Å². The Morgan fingerprint density at radius 3 is 2.36 bits per heavy atom. The molecule has 0 radical (unpaired) electrons. The minimum absolute atomic E-state index is 0.116. The van der Waals surface area contributed by atoms with Crippen molar-refractivity contribution < 1.29 is 9.90 Å². The molecule has 0 bridgehead atoms. The maximum absolute atomic E-state index is 12.8. The smallest absolute Gasteiger partial charge is 0.244 e. The van der Waals surface area contributed by atoms with Crippen LogP contribution in [-0.2, 0) is 4.79 Å². The van der Waals surface area contributed by atoms with Gasteiger partial charge in [0.15, 0.2) is 0 Å². The predicted molar refractivity (Wildman–Crippen MR) is 89.9 cm³/mol. The molecule has 1 N–H and O–H groups in total. The molecule has 0 aromatic heterocycles. The molecule has 1 aromatic carbocycles. The second-order valence-electron chi connectivity index (χ2n) is 6.21. The molecule has 1 aliphatic heterocycles. The Morgan fingerprint density at radius 1 is 1.27 bits per heavy atom. The third-order valence-corrected chi connectivity index (χ3v) is 4.81. The summed E-state index contributed by atoms with van der Waals surface area (Å²) in [6.07, 6.45) is 1.68. The third-order valence-electron chi connectivity index (χ3n) is 4.81. The van der Waals surface area contributed by atoms with Crippen molar-refractivity contribution in [3.8, 4) is 0 Å². The molecule has 0 spiro atoms. The first kappa shape index (κ1) is 17.0. The summed E-state index contributed by atoms with van der Waals surface area (Å²) in [5.41, 5.74) is 0.959. The highest BCUT2D eigenvalue weighted by molar-refractivity contribution is 5.96. The van der Waals surface area contributed by atoms with Gasteiger partial charge in [0.1, 0.15) is 0 Å². The number of nitrogens with zero attached hydrogens (tertiary/aromatic N) is 2. The maximum atomic E-state index is 12.8. The van der Waals surface area contributed by atoms with Gasteiger partial charge in [-0.15, -0.1) is 0 Å². The van der Waals surface area contributed by atoms with Gasteiger partial charge in [-0.2, -0.15) is 0 Å². The zero-order chi connectivity index (χ0) is 16.1. The molecule has 2 unspecified atom stereocenters. The Morgan fingerprint density at radius 2 is 1.86 bits per heavy atom. The highest BCUT2D eigenvalue weighted by atomic mass is 16.3. The van der Waals surface area contributed by atoms with E-state index in [1.165, 1.54) is 0 Å². The van der Waals surface area contributed by atoms with E-state index < -0.39 is 0 Å². The Bertz CT molecular complexity index is 467. The number of anilines is 1. The van der Waals surface area contributed by atoms with E-state index in [-0.39, 0.29) is 18.1 Å². The van der Waals surface area contributed by atoms with Crippen LogP contribution in [0.15, 0.2) is 30.3 Å². The lowest BCUT2D eigenvalue weighted by atomic mass is 9.91. The van der Waals surface area contributed by atoms with Crippen molar-refractivity contribution >= 4 is 11.6 Å². The monoisotopic (exact) mass is 304 g/mol. The summed E-state index contributed by atoms with van der Waals surface area (Å²) in [4.78, 5) is 16.9. The predicted octanol–water partition coefficient (Wildman–Crippen LogP) is 2.52. The maximum Gasteiger partial charge on any atom is 0.244 e. The molecule has 1 saturated heterocycles. The van der Waals surface area contributed by atoms with Gasteiger partial charge in [0.25, 0.3) is 0 Å². The summed E-state index contributed by atoms with van der Waals surface area (Å²) in [6.45, 7) is 8.32. The van der Waals surface area contributed by atoms with E-state index >= 15 is 0 Å². The lowest BCUT2D eigenvalue weighted by Gasteiger charge is -2.38. The van der Waals surface area contributed by atoms with E-state index in [0.29, 0.717) is 12.5 Å². The van der Waals surface area contributed by atoms with Gasteiger partial charge in [-0.25, -0.2) is 0 Å². The molecule has 1 heterocycles. The van der Waals surface area contributed by atoms with Crippen LogP contribution in [0, 0.1) is 5.92 Å². The van der Waals surface area contributed by atoms with Crippen LogP contribution in [0.3, 0.4) is 0 Å². The number of aliphatic hydroxyl groups excluding tert-OH is 1. The molecule has 1 aromatic rings. The number of likely N-dealkylation sites (N-methyl/N-ethyl adjacent to an activating group) is 1. The standard InChI is InChI=1S/C18H28N2O2/c1-4-20(17-8-6-5-7-9-17)18(22)14(2)19-12-10-16(11-13-19)15(3)21/h5-9,14-16,21H,4,10-13H2,1-3H3. The van der Waals surface area contributed by atoms with Crippen molar-refractivity contribution in [2.45, 2.75) is 45.8 Å². The van der Waals surface area contributed by atoms with E-state index in [4.69, 9.17) is 0 Å².